The summed E-state index contributed by atoms with van der Waals surface area (Å²) in [6, 6.07) is 16.9. The first kappa shape index (κ1) is 12.4. The minimum Gasteiger partial charge on any atom is -0.310 e. The van der Waals surface area contributed by atoms with Crippen LogP contribution >= 0.6 is 0 Å². The molecular weight excluding hydrogens is 244 g/mol. The van der Waals surface area contributed by atoms with E-state index < -0.39 is 0 Å². The first-order valence-electron chi connectivity index (χ1n) is 7.83. The SMILES string of the molecule is c1ccc2c(CN3CCC4CCC(C3)N4)cccc2c1. The van der Waals surface area contributed by atoms with Gasteiger partial charge in [0, 0.05) is 31.7 Å². The molecule has 0 amide bonds. The molecule has 2 bridgehead atoms. The minimum atomic E-state index is 0.720. The monoisotopic (exact) mass is 266 g/mol. The highest BCUT2D eigenvalue weighted by atomic mass is 15.2. The minimum absolute atomic E-state index is 0.720. The predicted octanol–water partition coefficient (Wildman–Crippen LogP) is 3.17. The van der Waals surface area contributed by atoms with Crippen molar-refractivity contribution < 1.29 is 0 Å². The highest BCUT2D eigenvalue weighted by Gasteiger charge is 2.29. The van der Waals surface area contributed by atoms with Gasteiger partial charge in [-0.2, -0.15) is 0 Å². The third-order valence-electron chi connectivity index (χ3n) is 4.88. The van der Waals surface area contributed by atoms with E-state index in [0.717, 1.165) is 18.6 Å². The van der Waals surface area contributed by atoms with Gasteiger partial charge in [-0.1, -0.05) is 42.5 Å². The van der Waals surface area contributed by atoms with Gasteiger partial charge in [0.25, 0.3) is 0 Å². The van der Waals surface area contributed by atoms with Crippen molar-refractivity contribution in [3.63, 3.8) is 0 Å². The van der Waals surface area contributed by atoms with Gasteiger partial charge in [-0.15, -0.1) is 0 Å². The molecule has 0 radical (unpaired) electrons. The van der Waals surface area contributed by atoms with Gasteiger partial charge < -0.3 is 5.32 Å². The normalized spacial score (nSPS) is 26.8. The third-order valence-corrected chi connectivity index (χ3v) is 4.88. The molecular formula is C18H22N2. The molecule has 0 saturated carbocycles. The van der Waals surface area contributed by atoms with Crippen LogP contribution in [0.3, 0.4) is 0 Å². The fraction of sp³-hybridized carbons (Fsp3) is 0.444. The summed E-state index contributed by atoms with van der Waals surface area (Å²) in [5.74, 6) is 0. The fourth-order valence-electron chi connectivity index (χ4n) is 3.83. The van der Waals surface area contributed by atoms with Gasteiger partial charge in [0.05, 0.1) is 0 Å². The first-order chi connectivity index (χ1) is 9.88. The molecule has 2 unspecified atom stereocenters. The fourth-order valence-corrected chi connectivity index (χ4v) is 3.83. The molecule has 2 atom stereocenters. The Kier molecular flexibility index (Phi) is 3.21. The van der Waals surface area contributed by atoms with Crippen LogP contribution in [0.4, 0.5) is 0 Å². The Morgan fingerprint density at radius 2 is 1.80 bits per heavy atom. The Morgan fingerprint density at radius 3 is 2.80 bits per heavy atom. The topological polar surface area (TPSA) is 15.3 Å². The Balaban J connectivity index is 1.58. The third kappa shape index (κ3) is 2.34. The molecule has 2 aliphatic heterocycles. The lowest BCUT2D eigenvalue weighted by Crippen LogP contribution is -2.34. The van der Waals surface area contributed by atoms with Crippen LogP contribution in [0.1, 0.15) is 24.8 Å². The largest absolute Gasteiger partial charge is 0.310 e. The summed E-state index contributed by atoms with van der Waals surface area (Å²) < 4.78 is 0. The molecule has 2 fully saturated rings. The Labute approximate surface area is 120 Å². The summed E-state index contributed by atoms with van der Waals surface area (Å²) in [4.78, 5) is 2.64. The number of fused-ring (bicyclic) bond motifs is 3. The van der Waals surface area contributed by atoms with Crippen LogP contribution < -0.4 is 5.32 Å². The number of hydrogen-bond acceptors (Lipinski definition) is 2. The molecule has 2 aromatic rings. The Morgan fingerprint density at radius 1 is 0.950 bits per heavy atom. The van der Waals surface area contributed by atoms with E-state index >= 15 is 0 Å². The Bertz CT molecular complexity index is 602. The first-order valence-corrected chi connectivity index (χ1v) is 7.83. The van der Waals surface area contributed by atoms with Crippen molar-refractivity contribution in [2.75, 3.05) is 13.1 Å². The second-order valence-corrected chi connectivity index (χ2v) is 6.30. The summed E-state index contributed by atoms with van der Waals surface area (Å²) in [6.45, 7) is 3.53. The molecule has 2 aromatic carbocycles. The van der Waals surface area contributed by atoms with Gasteiger partial charge in [0.15, 0.2) is 0 Å². The highest BCUT2D eigenvalue weighted by molar-refractivity contribution is 5.85. The van der Waals surface area contributed by atoms with Gasteiger partial charge in [0.2, 0.25) is 0 Å². The summed E-state index contributed by atoms with van der Waals surface area (Å²) >= 11 is 0. The zero-order chi connectivity index (χ0) is 13.4. The molecule has 2 saturated heterocycles. The van der Waals surface area contributed by atoms with Gasteiger partial charge >= 0.3 is 0 Å². The van der Waals surface area contributed by atoms with Crippen molar-refractivity contribution in [2.24, 2.45) is 0 Å². The zero-order valence-electron chi connectivity index (χ0n) is 11.9. The maximum atomic E-state index is 3.76. The average Bonchev–Trinajstić information content (AvgIpc) is 2.82. The van der Waals surface area contributed by atoms with Crippen LogP contribution in [0.15, 0.2) is 42.5 Å². The molecule has 2 heteroatoms. The lowest BCUT2D eigenvalue weighted by Gasteiger charge is -2.24. The molecule has 4 rings (SSSR count). The van der Waals surface area contributed by atoms with Crippen molar-refractivity contribution in [1.29, 1.82) is 0 Å². The number of nitrogens with zero attached hydrogens (tertiary/aromatic N) is 1. The molecule has 0 spiro atoms. The summed E-state index contributed by atoms with van der Waals surface area (Å²) in [5.41, 5.74) is 1.47. The summed E-state index contributed by atoms with van der Waals surface area (Å²) in [7, 11) is 0. The molecule has 2 aliphatic rings. The van der Waals surface area contributed by atoms with Crippen molar-refractivity contribution in [1.82, 2.24) is 10.2 Å². The van der Waals surface area contributed by atoms with Crippen LogP contribution in [-0.2, 0) is 6.54 Å². The highest BCUT2D eigenvalue weighted by Crippen LogP contribution is 2.24. The van der Waals surface area contributed by atoms with E-state index in [1.54, 1.807) is 0 Å². The van der Waals surface area contributed by atoms with Crippen molar-refractivity contribution in [2.45, 2.75) is 37.9 Å². The van der Waals surface area contributed by atoms with Gasteiger partial charge in [-0.3, -0.25) is 4.90 Å². The standard InChI is InChI=1S/C18H22N2/c1-2-7-18-14(4-1)5-3-6-15(18)12-20-11-10-16-8-9-17(13-20)19-16/h1-7,16-17,19H,8-13H2. The second-order valence-electron chi connectivity index (χ2n) is 6.30. The van der Waals surface area contributed by atoms with E-state index in [9.17, 15) is 0 Å². The van der Waals surface area contributed by atoms with Crippen LogP contribution in [0.2, 0.25) is 0 Å². The number of likely N-dealkylation sites (tertiary alicyclic amines) is 1. The van der Waals surface area contributed by atoms with E-state index in [-0.39, 0.29) is 0 Å². The summed E-state index contributed by atoms with van der Waals surface area (Å²) in [6.07, 6.45) is 4.05. The van der Waals surface area contributed by atoms with Crippen molar-refractivity contribution >= 4 is 10.8 Å². The molecule has 20 heavy (non-hydrogen) atoms. The zero-order valence-corrected chi connectivity index (χ0v) is 11.9. The molecule has 2 heterocycles. The lowest BCUT2D eigenvalue weighted by molar-refractivity contribution is 0.252. The van der Waals surface area contributed by atoms with Crippen molar-refractivity contribution in [3.05, 3.63) is 48.0 Å². The maximum absolute atomic E-state index is 3.76. The summed E-state index contributed by atoms with van der Waals surface area (Å²) in [5, 5.41) is 6.54. The molecule has 0 aromatic heterocycles. The molecule has 104 valence electrons. The van der Waals surface area contributed by atoms with Crippen molar-refractivity contribution in [3.8, 4) is 0 Å². The molecule has 2 nitrogen and oxygen atoms in total. The maximum Gasteiger partial charge on any atom is 0.0240 e. The predicted molar refractivity (Wildman–Crippen MR) is 83.8 cm³/mol. The molecule has 0 aliphatic carbocycles. The van der Waals surface area contributed by atoms with E-state index in [0.29, 0.717) is 0 Å². The van der Waals surface area contributed by atoms with Crippen LogP contribution in [-0.4, -0.2) is 30.1 Å². The van der Waals surface area contributed by atoms with Gasteiger partial charge in [-0.25, -0.2) is 0 Å². The van der Waals surface area contributed by atoms with Crippen LogP contribution in [0, 0.1) is 0 Å². The smallest absolute Gasteiger partial charge is 0.0240 e. The quantitative estimate of drug-likeness (QED) is 0.898. The number of nitrogens with one attached hydrogen (secondary N) is 1. The average molecular weight is 266 g/mol. The number of benzene rings is 2. The Hall–Kier alpha value is -1.38. The van der Waals surface area contributed by atoms with Crippen LogP contribution in [0.25, 0.3) is 10.8 Å². The van der Waals surface area contributed by atoms with Crippen LogP contribution in [0.5, 0.6) is 0 Å². The van der Waals surface area contributed by atoms with E-state index in [2.05, 4.69) is 52.7 Å². The molecule has 1 N–H and O–H groups in total. The van der Waals surface area contributed by atoms with E-state index in [1.165, 1.54) is 48.7 Å². The van der Waals surface area contributed by atoms with E-state index in [4.69, 9.17) is 0 Å². The number of hydrogen-bond donors (Lipinski definition) is 1. The second kappa shape index (κ2) is 5.19. The number of rotatable bonds is 2. The van der Waals surface area contributed by atoms with Gasteiger partial charge in [0.1, 0.15) is 0 Å². The van der Waals surface area contributed by atoms with Gasteiger partial charge in [-0.05, 0) is 35.6 Å². The lowest BCUT2D eigenvalue weighted by atomic mass is 10.0. The van der Waals surface area contributed by atoms with E-state index in [1.807, 2.05) is 0 Å².